The summed E-state index contributed by atoms with van der Waals surface area (Å²) >= 11 is 7.06. The number of hydrogen-bond acceptors (Lipinski definition) is 4. The molecule has 1 atom stereocenters. The van der Waals surface area contributed by atoms with E-state index in [1.165, 1.54) is 11.3 Å². The molecule has 1 heterocycles. The Kier molecular flexibility index (Phi) is 5.40. The van der Waals surface area contributed by atoms with Gasteiger partial charge in [0, 0.05) is 4.88 Å². The number of hydrogen-bond donors (Lipinski definition) is 2. The number of carbonyl (C=O) groups excluding carboxylic acids is 1. The third-order valence-corrected chi connectivity index (χ3v) is 3.91. The van der Waals surface area contributed by atoms with Gasteiger partial charge in [0.25, 0.3) is 0 Å². The van der Waals surface area contributed by atoms with Crippen molar-refractivity contribution < 1.29 is 14.6 Å². The molecule has 2 N–H and O–H groups in total. The summed E-state index contributed by atoms with van der Waals surface area (Å²) in [6, 6.07) is 12.8. The summed E-state index contributed by atoms with van der Waals surface area (Å²) in [6.07, 6.45) is -1.34. The molecule has 1 amide bonds. The zero-order chi connectivity index (χ0) is 14.4. The predicted molar refractivity (Wildman–Crippen MR) is 78.9 cm³/mol. The maximum absolute atomic E-state index is 11.5. The van der Waals surface area contributed by atoms with Gasteiger partial charge in [0.2, 0.25) is 0 Å². The third-order valence-electron chi connectivity index (χ3n) is 2.57. The molecule has 0 radical (unpaired) electrons. The largest absolute Gasteiger partial charge is 0.445 e. The Morgan fingerprint density at radius 1 is 1.30 bits per heavy atom. The number of rotatable bonds is 5. The van der Waals surface area contributed by atoms with Crippen LogP contribution in [0.25, 0.3) is 0 Å². The highest BCUT2D eigenvalue weighted by Gasteiger charge is 2.12. The zero-order valence-corrected chi connectivity index (χ0v) is 12.2. The van der Waals surface area contributed by atoms with E-state index in [0.717, 1.165) is 5.56 Å². The number of benzene rings is 1. The molecule has 0 bridgehead atoms. The lowest BCUT2D eigenvalue weighted by atomic mass is 10.2. The number of nitrogens with one attached hydrogen (secondary N) is 1. The summed E-state index contributed by atoms with van der Waals surface area (Å²) in [7, 11) is 0. The minimum Gasteiger partial charge on any atom is -0.445 e. The van der Waals surface area contributed by atoms with Crippen molar-refractivity contribution in [1.29, 1.82) is 0 Å². The van der Waals surface area contributed by atoms with Crippen LogP contribution in [0.3, 0.4) is 0 Å². The Hall–Kier alpha value is -1.56. The zero-order valence-electron chi connectivity index (χ0n) is 10.6. The lowest BCUT2D eigenvalue weighted by Gasteiger charge is -2.10. The third kappa shape index (κ3) is 4.52. The molecule has 0 aliphatic heterocycles. The van der Waals surface area contributed by atoms with Gasteiger partial charge in [0.05, 0.1) is 10.9 Å². The molecule has 0 saturated carbocycles. The Bertz CT molecular complexity index is 559. The lowest BCUT2D eigenvalue weighted by molar-refractivity contribution is 0.126. The summed E-state index contributed by atoms with van der Waals surface area (Å²) in [5.41, 5.74) is 0.910. The second kappa shape index (κ2) is 7.28. The molecule has 0 aliphatic rings. The van der Waals surface area contributed by atoms with Crippen molar-refractivity contribution in [2.75, 3.05) is 6.54 Å². The van der Waals surface area contributed by atoms with Crippen molar-refractivity contribution >= 4 is 29.0 Å². The number of alkyl carbamates (subject to hydrolysis) is 1. The highest BCUT2D eigenvalue weighted by Crippen LogP contribution is 2.26. The van der Waals surface area contributed by atoms with Crippen molar-refractivity contribution in [3.63, 3.8) is 0 Å². The molecule has 0 fully saturated rings. The quantitative estimate of drug-likeness (QED) is 0.890. The van der Waals surface area contributed by atoms with Crippen molar-refractivity contribution in [1.82, 2.24) is 5.32 Å². The fourth-order valence-electron chi connectivity index (χ4n) is 1.56. The molecule has 1 unspecified atom stereocenters. The van der Waals surface area contributed by atoms with Crippen LogP contribution in [0.15, 0.2) is 42.5 Å². The highest BCUT2D eigenvalue weighted by atomic mass is 35.5. The molecule has 0 spiro atoms. The van der Waals surface area contributed by atoms with E-state index in [-0.39, 0.29) is 13.2 Å². The number of halogens is 1. The summed E-state index contributed by atoms with van der Waals surface area (Å²) < 4.78 is 5.64. The molecule has 6 heteroatoms. The number of carbonyl (C=O) groups is 1. The van der Waals surface area contributed by atoms with Crippen LogP contribution in [-0.2, 0) is 11.3 Å². The highest BCUT2D eigenvalue weighted by molar-refractivity contribution is 7.16. The van der Waals surface area contributed by atoms with Crippen molar-refractivity contribution in [3.05, 3.63) is 57.2 Å². The average Bonchev–Trinajstić information content (AvgIpc) is 2.90. The van der Waals surface area contributed by atoms with Gasteiger partial charge in [-0.05, 0) is 17.7 Å². The molecule has 106 valence electrons. The van der Waals surface area contributed by atoms with Gasteiger partial charge in [-0.25, -0.2) is 4.79 Å². The molecular weight excluding hydrogens is 298 g/mol. The van der Waals surface area contributed by atoms with E-state index < -0.39 is 12.2 Å². The first-order chi connectivity index (χ1) is 9.65. The second-order valence-corrected chi connectivity index (χ2v) is 5.85. The predicted octanol–water partition coefficient (Wildman–Crippen LogP) is 3.36. The van der Waals surface area contributed by atoms with Crippen LogP contribution in [0, 0.1) is 0 Å². The molecule has 4 nitrogen and oxygen atoms in total. The van der Waals surface area contributed by atoms with E-state index in [0.29, 0.717) is 9.21 Å². The number of thiophene rings is 1. The lowest BCUT2D eigenvalue weighted by Crippen LogP contribution is -2.28. The first-order valence-corrected chi connectivity index (χ1v) is 7.22. The van der Waals surface area contributed by atoms with E-state index in [4.69, 9.17) is 16.3 Å². The van der Waals surface area contributed by atoms with Crippen LogP contribution in [0.5, 0.6) is 0 Å². The molecule has 2 aromatic rings. The summed E-state index contributed by atoms with van der Waals surface area (Å²) in [5, 5.41) is 12.4. The number of amides is 1. The van der Waals surface area contributed by atoms with E-state index in [2.05, 4.69) is 5.32 Å². The second-order valence-electron chi connectivity index (χ2n) is 4.10. The topological polar surface area (TPSA) is 58.6 Å². The number of ether oxygens (including phenoxy) is 1. The Morgan fingerprint density at radius 3 is 2.70 bits per heavy atom. The Labute approximate surface area is 126 Å². The number of aliphatic hydroxyl groups excluding tert-OH is 1. The maximum Gasteiger partial charge on any atom is 0.407 e. The molecule has 1 aromatic heterocycles. The Morgan fingerprint density at radius 2 is 2.05 bits per heavy atom. The van der Waals surface area contributed by atoms with E-state index >= 15 is 0 Å². The fraction of sp³-hybridized carbons (Fsp3) is 0.214. The van der Waals surface area contributed by atoms with Gasteiger partial charge < -0.3 is 15.2 Å². The first-order valence-electron chi connectivity index (χ1n) is 6.03. The molecule has 1 aromatic carbocycles. The van der Waals surface area contributed by atoms with Gasteiger partial charge in [0.15, 0.2) is 0 Å². The Balaban J connectivity index is 1.72. The molecular formula is C14H14ClNO3S. The molecule has 2 rings (SSSR count). The van der Waals surface area contributed by atoms with Gasteiger partial charge in [-0.3, -0.25) is 0 Å². The van der Waals surface area contributed by atoms with Crippen molar-refractivity contribution in [3.8, 4) is 0 Å². The average molecular weight is 312 g/mol. The minimum atomic E-state index is -0.781. The van der Waals surface area contributed by atoms with Gasteiger partial charge >= 0.3 is 6.09 Å². The van der Waals surface area contributed by atoms with E-state index in [9.17, 15) is 9.90 Å². The van der Waals surface area contributed by atoms with Gasteiger partial charge in [0.1, 0.15) is 12.7 Å². The molecule has 0 saturated heterocycles. The van der Waals surface area contributed by atoms with Crippen LogP contribution in [-0.4, -0.2) is 17.7 Å². The normalized spacial score (nSPS) is 11.9. The monoisotopic (exact) mass is 311 g/mol. The van der Waals surface area contributed by atoms with Crippen LogP contribution in [0.2, 0.25) is 4.34 Å². The van der Waals surface area contributed by atoms with Crippen LogP contribution >= 0.6 is 22.9 Å². The minimum absolute atomic E-state index is 0.0878. The smallest absolute Gasteiger partial charge is 0.407 e. The maximum atomic E-state index is 11.5. The molecule has 0 aliphatic carbocycles. The molecule has 20 heavy (non-hydrogen) atoms. The van der Waals surface area contributed by atoms with Crippen molar-refractivity contribution in [2.24, 2.45) is 0 Å². The fourth-order valence-corrected chi connectivity index (χ4v) is 2.61. The van der Waals surface area contributed by atoms with E-state index in [1.807, 2.05) is 30.3 Å². The SMILES string of the molecule is O=C(NCC(O)c1ccc(Cl)s1)OCc1ccccc1. The van der Waals surface area contributed by atoms with Gasteiger partial charge in [-0.15, -0.1) is 11.3 Å². The van der Waals surface area contributed by atoms with Crippen LogP contribution in [0.1, 0.15) is 16.5 Å². The van der Waals surface area contributed by atoms with Crippen molar-refractivity contribution in [2.45, 2.75) is 12.7 Å². The standard InChI is InChI=1S/C14H14ClNO3S/c15-13-7-6-12(20-13)11(17)8-16-14(18)19-9-10-4-2-1-3-5-10/h1-7,11,17H,8-9H2,(H,16,18). The summed E-state index contributed by atoms with van der Waals surface area (Å²) in [4.78, 5) is 12.2. The summed E-state index contributed by atoms with van der Waals surface area (Å²) in [5.74, 6) is 0. The van der Waals surface area contributed by atoms with Crippen LogP contribution < -0.4 is 5.32 Å². The summed E-state index contributed by atoms with van der Waals surface area (Å²) in [6.45, 7) is 0.290. The van der Waals surface area contributed by atoms with E-state index in [1.54, 1.807) is 12.1 Å². The number of aliphatic hydroxyl groups is 1. The first kappa shape index (κ1) is 14.8. The van der Waals surface area contributed by atoms with Gasteiger partial charge in [-0.1, -0.05) is 41.9 Å². The van der Waals surface area contributed by atoms with Crippen LogP contribution in [0.4, 0.5) is 4.79 Å². The van der Waals surface area contributed by atoms with Gasteiger partial charge in [-0.2, -0.15) is 0 Å².